The maximum Gasteiger partial charge on any atom is 0.340 e. The van der Waals surface area contributed by atoms with E-state index >= 15 is 0 Å². The van der Waals surface area contributed by atoms with E-state index in [9.17, 15) is 19.2 Å². The van der Waals surface area contributed by atoms with Crippen LogP contribution in [0.25, 0.3) is 0 Å². The van der Waals surface area contributed by atoms with Crippen molar-refractivity contribution < 1.29 is 28.7 Å². The lowest BCUT2D eigenvalue weighted by molar-refractivity contribution is -0.138. The molecule has 0 aliphatic carbocycles. The van der Waals surface area contributed by atoms with Gasteiger partial charge in [0, 0.05) is 0 Å². The van der Waals surface area contributed by atoms with Gasteiger partial charge in [0.05, 0.1) is 42.1 Å². The van der Waals surface area contributed by atoms with E-state index < -0.39 is 18.0 Å². The second-order valence-corrected chi connectivity index (χ2v) is 6.82. The van der Waals surface area contributed by atoms with Crippen molar-refractivity contribution in [1.29, 1.82) is 0 Å². The average molecular weight is 437 g/mol. The first-order valence-electron chi connectivity index (χ1n) is 10.0. The van der Waals surface area contributed by atoms with E-state index in [1.165, 1.54) is 6.07 Å². The molecule has 3 N–H and O–H groups in total. The molecule has 32 heavy (non-hydrogen) atoms. The van der Waals surface area contributed by atoms with Crippen LogP contribution in [0.5, 0.6) is 0 Å². The Morgan fingerprint density at radius 2 is 1.69 bits per heavy atom. The zero-order chi connectivity index (χ0) is 22.9. The Morgan fingerprint density at radius 1 is 0.969 bits per heavy atom. The fourth-order valence-electron chi connectivity index (χ4n) is 3.03. The van der Waals surface area contributed by atoms with Crippen LogP contribution in [0, 0.1) is 0 Å². The molecule has 2 aromatic rings. The van der Waals surface area contributed by atoms with E-state index in [0.717, 1.165) is 5.56 Å². The number of anilines is 1. The molecule has 9 nitrogen and oxygen atoms in total. The highest BCUT2D eigenvalue weighted by Gasteiger charge is 2.25. The minimum absolute atomic E-state index is 0.0380. The number of hydrogen-bond acceptors (Lipinski definition) is 6. The van der Waals surface area contributed by atoms with Crippen LogP contribution in [-0.2, 0) is 25.5 Å². The zero-order valence-electron chi connectivity index (χ0n) is 17.5. The Kier molecular flexibility index (Phi) is 7.58. The van der Waals surface area contributed by atoms with Crippen molar-refractivity contribution in [3.05, 3.63) is 77.0 Å². The first kappa shape index (κ1) is 22.5. The number of hydrogen-bond donors (Lipinski definition) is 3. The minimum atomic E-state index is -0.718. The van der Waals surface area contributed by atoms with Gasteiger partial charge < -0.3 is 25.4 Å². The minimum Gasteiger partial charge on any atom is -0.463 e. The monoisotopic (exact) mass is 437 g/mol. The van der Waals surface area contributed by atoms with Gasteiger partial charge in [-0.15, -0.1) is 0 Å². The first-order chi connectivity index (χ1) is 15.5. The number of urea groups is 1. The molecule has 0 radical (unpaired) electrons. The topological polar surface area (TPSA) is 123 Å². The lowest BCUT2D eigenvalue weighted by atomic mass is 10.1. The van der Waals surface area contributed by atoms with Crippen molar-refractivity contribution in [3.8, 4) is 0 Å². The molecule has 0 saturated heterocycles. The largest absolute Gasteiger partial charge is 0.463 e. The molecule has 0 saturated carbocycles. The Balaban J connectivity index is 1.69. The van der Waals surface area contributed by atoms with E-state index in [4.69, 9.17) is 9.47 Å². The first-order valence-corrected chi connectivity index (χ1v) is 10.0. The predicted molar refractivity (Wildman–Crippen MR) is 116 cm³/mol. The number of para-hydroxylation sites is 1. The summed E-state index contributed by atoms with van der Waals surface area (Å²) in [6, 6.07) is 15.1. The van der Waals surface area contributed by atoms with Gasteiger partial charge in [-0.25, -0.2) is 14.4 Å². The number of amides is 3. The fourth-order valence-corrected chi connectivity index (χ4v) is 3.03. The normalized spacial score (nSPS) is 13.0. The van der Waals surface area contributed by atoms with Crippen molar-refractivity contribution in [2.75, 3.05) is 25.1 Å². The third-order valence-electron chi connectivity index (χ3n) is 4.55. The molecule has 0 atom stereocenters. The predicted octanol–water partition coefficient (Wildman–Crippen LogP) is 2.15. The van der Waals surface area contributed by atoms with E-state index in [1.54, 1.807) is 25.1 Å². The van der Waals surface area contributed by atoms with Crippen LogP contribution < -0.4 is 16.0 Å². The summed E-state index contributed by atoms with van der Waals surface area (Å²) in [5.41, 5.74) is 1.60. The number of nitrogens with one attached hydrogen (secondary N) is 3. The number of esters is 2. The summed E-state index contributed by atoms with van der Waals surface area (Å²) in [7, 11) is 0. The second-order valence-electron chi connectivity index (χ2n) is 6.82. The smallest absolute Gasteiger partial charge is 0.340 e. The summed E-state index contributed by atoms with van der Waals surface area (Å²) in [5, 5.41) is 7.67. The maximum atomic E-state index is 12.7. The van der Waals surface area contributed by atoms with E-state index in [0.29, 0.717) is 5.69 Å². The van der Waals surface area contributed by atoms with Gasteiger partial charge in [0.25, 0.3) is 0 Å². The van der Waals surface area contributed by atoms with Gasteiger partial charge in [0.2, 0.25) is 5.91 Å². The average Bonchev–Trinajstić information content (AvgIpc) is 2.78. The number of carbonyl (C=O) groups is 4. The molecule has 0 bridgehead atoms. The van der Waals surface area contributed by atoms with Gasteiger partial charge in [-0.05, 0) is 24.6 Å². The van der Waals surface area contributed by atoms with E-state index in [1.807, 2.05) is 30.3 Å². The molecule has 0 unspecified atom stereocenters. The molecule has 166 valence electrons. The molecule has 0 spiro atoms. The molecule has 0 aromatic heterocycles. The Bertz CT molecular complexity index is 1050. The molecule has 9 heteroatoms. The number of benzene rings is 2. The summed E-state index contributed by atoms with van der Waals surface area (Å²) in [6.07, 6.45) is 0.152. The van der Waals surface area contributed by atoms with Crippen molar-refractivity contribution in [1.82, 2.24) is 10.6 Å². The number of carbonyl (C=O) groups excluding carboxylic acids is 4. The molecule has 3 amide bonds. The summed E-state index contributed by atoms with van der Waals surface area (Å²) in [4.78, 5) is 48.8. The van der Waals surface area contributed by atoms with Crippen LogP contribution in [0.1, 0.15) is 22.8 Å². The zero-order valence-corrected chi connectivity index (χ0v) is 17.5. The summed E-state index contributed by atoms with van der Waals surface area (Å²) in [5.74, 6) is -1.61. The van der Waals surface area contributed by atoms with Crippen LogP contribution >= 0.6 is 0 Å². The van der Waals surface area contributed by atoms with Gasteiger partial charge in [-0.3, -0.25) is 4.79 Å². The Labute approximate surface area is 184 Å². The second kappa shape index (κ2) is 10.8. The SMILES string of the molecule is CCOC(=O)C1=C(COC(=O)c2ccccc2NC(=O)Cc2ccccc2)NC(=O)NC1. The lowest BCUT2D eigenvalue weighted by Crippen LogP contribution is -2.45. The highest BCUT2D eigenvalue weighted by Crippen LogP contribution is 2.18. The molecule has 2 aromatic carbocycles. The fraction of sp³-hybridized carbons (Fsp3) is 0.217. The highest BCUT2D eigenvalue weighted by molar-refractivity contribution is 6.02. The van der Waals surface area contributed by atoms with Crippen LogP contribution in [-0.4, -0.2) is 43.6 Å². The van der Waals surface area contributed by atoms with Crippen molar-refractivity contribution in [2.45, 2.75) is 13.3 Å². The van der Waals surface area contributed by atoms with Crippen LogP contribution in [0.3, 0.4) is 0 Å². The quantitative estimate of drug-likeness (QED) is 0.544. The third-order valence-corrected chi connectivity index (χ3v) is 4.55. The van der Waals surface area contributed by atoms with Crippen molar-refractivity contribution >= 4 is 29.6 Å². The Hall–Kier alpha value is -4.14. The van der Waals surface area contributed by atoms with Gasteiger partial charge in [0.1, 0.15) is 6.61 Å². The van der Waals surface area contributed by atoms with Gasteiger partial charge in [-0.2, -0.15) is 0 Å². The van der Waals surface area contributed by atoms with Crippen LogP contribution in [0.2, 0.25) is 0 Å². The standard InChI is InChI=1S/C23H23N3O6/c1-2-31-22(29)17-13-24-23(30)26-19(17)14-32-21(28)16-10-6-7-11-18(16)25-20(27)12-15-8-4-3-5-9-15/h3-11H,2,12-14H2,1H3,(H,25,27)(H2,24,26,30). The summed E-state index contributed by atoms with van der Waals surface area (Å²) >= 11 is 0. The summed E-state index contributed by atoms with van der Waals surface area (Å²) in [6.45, 7) is 1.45. The van der Waals surface area contributed by atoms with E-state index in [-0.39, 0.29) is 48.9 Å². The number of ether oxygens (including phenoxy) is 2. The number of rotatable bonds is 8. The van der Waals surface area contributed by atoms with Crippen molar-refractivity contribution in [3.63, 3.8) is 0 Å². The molecule has 3 rings (SSSR count). The maximum absolute atomic E-state index is 12.7. The molecular weight excluding hydrogens is 414 g/mol. The van der Waals surface area contributed by atoms with Gasteiger partial charge >= 0.3 is 18.0 Å². The van der Waals surface area contributed by atoms with Crippen LogP contribution in [0.15, 0.2) is 65.9 Å². The molecule has 1 heterocycles. The molecular formula is C23H23N3O6. The Morgan fingerprint density at radius 3 is 2.44 bits per heavy atom. The highest BCUT2D eigenvalue weighted by atomic mass is 16.5. The van der Waals surface area contributed by atoms with Gasteiger partial charge in [0.15, 0.2) is 0 Å². The lowest BCUT2D eigenvalue weighted by Gasteiger charge is -2.21. The van der Waals surface area contributed by atoms with Gasteiger partial charge in [-0.1, -0.05) is 42.5 Å². The van der Waals surface area contributed by atoms with E-state index in [2.05, 4.69) is 16.0 Å². The summed E-state index contributed by atoms with van der Waals surface area (Å²) < 4.78 is 10.3. The molecule has 1 aliphatic heterocycles. The third kappa shape index (κ3) is 5.94. The molecule has 0 fully saturated rings. The van der Waals surface area contributed by atoms with Crippen LogP contribution in [0.4, 0.5) is 10.5 Å². The van der Waals surface area contributed by atoms with Crippen molar-refractivity contribution in [2.24, 2.45) is 0 Å². The molecule has 1 aliphatic rings.